The summed E-state index contributed by atoms with van der Waals surface area (Å²) in [6.07, 6.45) is 1.06. The van der Waals surface area contributed by atoms with E-state index in [1.807, 2.05) is 11.8 Å². The Kier molecular flexibility index (Phi) is 8.07. The topological polar surface area (TPSA) is 32.3 Å². The summed E-state index contributed by atoms with van der Waals surface area (Å²) in [6, 6.07) is 0.293. The molecule has 0 aliphatic carbocycles. The summed E-state index contributed by atoms with van der Waals surface area (Å²) in [5.74, 6) is 1.13. The second-order valence-electron chi connectivity index (χ2n) is 3.15. The first-order valence-corrected chi connectivity index (χ1v) is 5.71. The van der Waals surface area contributed by atoms with Gasteiger partial charge in [-0.1, -0.05) is 20.8 Å². The predicted octanol–water partition coefficient (Wildman–Crippen LogP) is 1.49. The SMILES string of the molecule is CCNC(CO)CCSC(C)C. The number of aliphatic hydroxyl groups is 1. The van der Waals surface area contributed by atoms with Crippen molar-refractivity contribution in [1.82, 2.24) is 5.32 Å². The maximum Gasteiger partial charge on any atom is 0.0584 e. The summed E-state index contributed by atoms with van der Waals surface area (Å²) < 4.78 is 0. The standard InChI is InChI=1S/C9H21NOS/c1-4-10-9(7-11)5-6-12-8(2)3/h8-11H,4-7H2,1-3H3. The number of hydrogen-bond acceptors (Lipinski definition) is 3. The quantitative estimate of drug-likeness (QED) is 0.639. The van der Waals surface area contributed by atoms with Crippen molar-refractivity contribution in [2.45, 2.75) is 38.5 Å². The van der Waals surface area contributed by atoms with Crippen molar-refractivity contribution in [2.75, 3.05) is 18.9 Å². The van der Waals surface area contributed by atoms with E-state index in [1.54, 1.807) is 0 Å². The first-order valence-electron chi connectivity index (χ1n) is 4.66. The van der Waals surface area contributed by atoms with Crippen molar-refractivity contribution >= 4 is 11.8 Å². The molecule has 0 bridgehead atoms. The fourth-order valence-electron chi connectivity index (χ4n) is 0.993. The van der Waals surface area contributed by atoms with E-state index in [1.165, 1.54) is 0 Å². The highest BCUT2D eigenvalue weighted by atomic mass is 32.2. The lowest BCUT2D eigenvalue weighted by molar-refractivity contribution is 0.241. The zero-order valence-electron chi connectivity index (χ0n) is 8.34. The predicted molar refractivity (Wildman–Crippen MR) is 56.8 cm³/mol. The van der Waals surface area contributed by atoms with Crippen LogP contribution >= 0.6 is 11.8 Å². The van der Waals surface area contributed by atoms with Crippen LogP contribution in [0.4, 0.5) is 0 Å². The third-order valence-corrected chi connectivity index (χ3v) is 2.77. The molecule has 1 atom stereocenters. The Hall–Kier alpha value is 0.270. The van der Waals surface area contributed by atoms with Crippen LogP contribution in [0.15, 0.2) is 0 Å². The Bertz CT molecular complexity index is 98.5. The van der Waals surface area contributed by atoms with Crippen molar-refractivity contribution in [3.63, 3.8) is 0 Å². The molecule has 0 radical (unpaired) electrons. The number of nitrogens with one attached hydrogen (secondary N) is 1. The van der Waals surface area contributed by atoms with Crippen LogP contribution in [0.2, 0.25) is 0 Å². The zero-order chi connectivity index (χ0) is 9.40. The molecular formula is C9H21NOS. The van der Waals surface area contributed by atoms with Gasteiger partial charge in [0.05, 0.1) is 6.61 Å². The van der Waals surface area contributed by atoms with E-state index in [2.05, 4.69) is 26.1 Å². The molecule has 12 heavy (non-hydrogen) atoms. The summed E-state index contributed by atoms with van der Waals surface area (Å²) in [5.41, 5.74) is 0. The Morgan fingerprint density at radius 1 is 1.42 bits per heavy atom. The minimum atomic E-state index is 0.256. The third-order valence-electron chi connectivity index (χ3n) is 1.63. The van der Waals surface area contributed by atoms with E-state index in [0.717, 1.165) is 18.7 Å². The molecule has 0 saturated carbocycles. The van der Waals surface area contributed by atoms with Crippen LogP contribution in [0.1, 0.15) is 27.2 Å². The van der Waals surface area contributed by atoms with Gasteiger partial charge in [-0.3, -0.25) is 0 Å². The molecule has 0 spiro atoms. The van der Waals surface area contributed by atoms with Crippen LogP contribution in [0.3, 0.4) is 0 Å². The first-order chi connectivity index (χ1) is 5.70. The molecule has 0 aromatic rings. The largest absolute Gasteiger partial charge is 0.395 e. The monoisotopic (exact) mass is 191 g/mol. The summed E-state index contributed by atoms with van der Waals surface area (Å²) in [7, 11) is 0. The van der Waals surface area contributed by atoms with Crippen molar-refractivity contribution < 1.29 is 5.11 Å². The molecule has 0 aromatic carbocycles. The van der Waals surface area contributed by atoms with Gasteiger partial charge in [-0.05, 0) is 24.0 Å². The van der Waals surface area contributed by atoms with Crippen LogP contribution in [0, 0.1) is 0 Å². The highest BCUT2D eigenvalue weighted by molar-refractivity contribution is 7.99. The molecule has 0 amide bonds. The Balaban J connectivity index is 3.31. The minimum Gasteiger partial charge on any atom is -0.395 e. The van der Waals surface area contributed by atoms with Crippen LogP contribution in [0.25, 0.3) is 0 Å². The molecule has 0 aromatic heterocycles. The minimum absolute atomic E-state index is 0.256. The molecule has 0 fully saturated rings. The van der Waals surface area contributed by atoms with Crippen molar-refractivity contribution in [1.29, 1.82) is 0 Å². The lowest BCUT2D eigenvalue weighted by Gasteiger charge is -2.14. The van der Waals surface area contributed by atoms with Gasteiger partial charge in [-0.2, -0.15) is 11.8 Å². The highest BCUT2D eigenvalue weighted by Crippen LogP contribution is 2.11. The Labute approximate surface area is 80.1 Å². The molecule has 0 aliphatic heterocycles. The van der Waals surface area contributed by atoms with Gasteiger partial charge in [0, 0.05) is 6.04 Å². The molecule has 0 heterocycles. The lowest BCUT2D eigenvalue weighted by atomic mass is 10.2. The summed E-state index contributed by atoms with van der Waals surface area (Å²) in [5, 5.41) is 12.9. The molecule has 1 unspecified atom stereocenters. The van der Waals surface area contributed by atoms with Gasteiger partial charge in [-0.25, -0.2) is 0 Å². The van der Waals surface area contributed by atoms with E-state index in [9.17, 15) is 0 Å². The lowest BCUT2D eigenvalue weighted by Crippen LogP contribution is -2.32. The van der Waals surface area contributed by atoms with E-state index in [0.29, 0.717) is 11.3 Å². The van der Waals surface area contributed by atoms with Gasteiger partial charge in [0.2, 0.25) is 0 Å². The van der Waals surface area contributed by atoms with Crippen LogP contribution in [0.5, 0.6) is 0 Å². The van der Waals surface area contributed by atoms with Crippen molar-refractivity contribution in [3.8, 4) is 0 Å². The third kappa shape index (κ3) is 6.95. The second-order valence-corrected chi connectivity index (χ2v) is 4.83. The maximum absolute atomic E-state index is 8.95. The number of likely N-dealkylation sites (N-methyl/N-ethyl adjacent to an activating group) is 1. The summed E-state index contributed by atoms with van der Waals surface area (Å²) >= 11 is 1.95. The molecule has 0 rings (SSSR count). The normalized spacial score (nSPS) is 13.8. The van der Waals surface area contributed by atoms with Gasteiger partial charge in [0.25, 0.3) is 0 Å². The number of hydrogen-bond donors (Lipinski definition) is 2. The molecule has 74 valence electrons. The molecule has 2 N–H and O–H groups in total. The maximum atomic E-state index is 8.95. The number of rotatable bonds is 7. The van der Waals surface area contributed by atoms with E-state index in [-0.39, 0.29) is 6.61 Å². The van der Waals surface area contributed by atoms with Crippen molar-refractivity contribution in [3.05, 3.63) is 0 Å². The summed E-state index contributed by atoms with van der Waals surface area (Å²) in [4.78, 5) is 0. The average Bonchev–Trinajstić information content (AvgIpc) is 2.02. The van der Waals surface area contributed by atoms with Crippen LogP contribution in [-0.4, -0.2) is 35.3 Å². The van der Waals surface area contributed by atoms with E-state index >= 15 is 0 Å². The smallest absolute Gasteiger partial charge is 0.0584 e. The zero-order valence-corrected chi connectivity index (χ0v) is 9.16. The molecule has 0 aliphatic rings. The number of aliphatic hydroxyl groups excluding tert-OH is 1. The molecule has 3 heteroatoms. The Morgan fingerprint density at radius 3 is 2.50 bits per heavy atom. The second kappa shape index (κ2) is 7.90. The molecule has 2 nitrogen and oxygen atoms in total. The molecule has 0 saturated heterocycles. The van der Waals surface area contributed by atoms with Gasteiger partial charge >= 0.3 is 0 Å². The fraction of sp³-hybridized carbons (Fsp3) is 1.00. The average molecular weight is 191 g/mol. The summed E-state index contributed by atoms with van der Waals surface area (Å²) in [6.45, 7) is 7.67. The van der Waals surface area contributed by atoms with E-state index in [4.69, 9.17) is 5.11 Å². The fourth-order valence-corrected chi connectivity index (χ4v) is 1.88. The van der Waals surface area contributed by atoms with Gasteiger partial charge in [0.15, 0.2) is 0 Å². The van der Waals surface area contributed by atoms with Gasteiger partial charge < -0.3 is 10.4 Å². The van der Waals surface area contributed by atoms with Gasteiger partial charge in [0.1, 0.15) is 0 Å². The van der Waals surface area contributed by atoms with Crippen molar-refractivity contribution in [2.24, 2.45) is 0 Å². The Morgan fingerprint density at radius 2 is 2.08 bits per heavy atom. The number of thioether (sulfide) groups is 1. The van der Waals surface area contributed by atoms with Gasteiger partial charge in [-0.15, -0.1) is 0 Å². The first kappa shape index (κ1) is 12.3. The highest BCUT2D eigenvalue weighted by Gasteiger charge is 2.05. The van der Waals surface area contributed by atoms with Crippen LogP contribution in [-0.2, 0) is 0 Å². The van der Waals surface area contributed by atoms with Crippen LogP contribution < -0.4 is 5.32 Å². The van der Waals surface area contributed by atoms with E-state index < -0.39 is 0 Å². The molecular weight excluding hydrogens is 170 g/mol.